The van der Waals surface area contributed by atoms with E-state index in [1.807, 2.05) is 48.4 Å². The first-order valence-electron chi connectivity index (χ1n) is 11.8. The van der Waals surface area contributed by atoms with E-state index in [1.165, 1.54) is 0 Å². The molecule has 0 aliphatic carbocycles. The molecule has 4 heterocycles. The number of benzene rings is 1. The summed E-state index contributed by atoms with van der Waals surface area (Å²) in [6, 6.07) is 12.0. The summed E-state index contributed by atoms with van der Waals surface area (Å²) in [7, 11) is 4.05. The molecule has 0 amide bonds. The number of nitrogens with zero attached hydrogens (tertiary/aromatic N) is 5. The lowest BCUT2D eigenvalue weighted by molar-refractivity contribution is 0.0991. The second kappa shape index (κ2) is 9.44. The molecule has 1 saturated heterocycles. The SMILES string of the molecule is CN1CCC(c2cc(C(=O)Cc3cc4cc(-c5cnn(C)c5CN)ccc4cn3)ccn2)CC1. The van der Waals surface area contributed by atoms with Crippen LogP contribution in [-0.2, 0) is 20.0 Å². The molecule has 1 aliphatic rings. The van der Waals surface area contributed by atoms with Crippen LogP contribution in [0, 0.1) is 0 Å². The van der Waals surface area contributed by atoms with E-state index in [4.69, 9.17) is 5.73 Å². The van der Waals surface area contributed by atoms with Gasteiger partial charge in [0.1, 0.15) is 0 Å². The van der Waals surface area contributed by atoms with Gasteiger partial charge in [0.15, 0.2) is 5.78 Å². The maximum atomic E-state index is 13.1. The van der Waals surface area contributed by atoms with Gasteiger partial charge in [0.2, 0.25) is 0 Å². The van der Waals surface area contributed by atoms with Crippen molar-refractivity contribution in [2.24, 2.45) is 12.8 Å². The Hall–Kier alpha value is -3.42. The van der Waals surface area contributed by atoms with E-state index in [9.17, 15) is 4.79 Å². The van der Waals surface area contributed by atoms with Crippen molar-refractivity contribution < 1.29 is 4.79 Å². The zero-order chi connectivity index (χ0) is 23.7. The molecule has 0 spiro atoms. The summed E-state index contributed by atoms with van der Waals surface area (Å²) in [6.45, 7) is 2.56. The van der Waals surface area contributed by atoms with E-state index in [-0.39, 0.29) is 12.2 Å². The Kier molecular flexibility index (Phi) is 6.22. The molecular weight excluding hydrogens is 424 g/mol. The number of aryl methyl sites for hydroxylation is 1. The van der Waals surface area contributed by atoms with Crippen molar-refractivity contribution in [1.82, 2.24) is 24.6 Å². The number of pyridine rings is 2. The number of aromatic nitrogens is 4. The average Bonchev–Trinajstić information content (AvgIpc) is 3.24. The number of nitrogens with two attached hydrogens (primary N) is 1. The highest BCUT2D eigenvalue weighted by Crippen LogP contribution is 2.28. The molecule has 3 aromatic heterocycles. The summed E-state index contributed by atoms with van der Waals surface area (Å²) in [6.07, 6.45) is 7.88. The van der Waals surface area contributed by atoms with Crippen LogP contribution in [0.1, 0.15) is 46.2 Å². The van der Waals surface area contributed by atoms with Crippen LogP contribution >= 0.6 is 0 Å². The van der Waals surface area contributed by atoms with Gasteiger partial charge in [-0.1, -0.05) is 12.1 Å². The highest BCUT2D eigenvalue weighted by Gasteiger charge is 2.20. The number of piperidine rings is 1. The summed E-state index contributed by atoms with van der Waals surface area (Å²) in [5.74, 6) is 0.490. The number of carbonyl (C=O) groups is 1. The van der Waals surface area contributed by atoms with Gasteiger partial charge < -0.3 is 10.6 Å². The second-order valence-corrected chi connectivity index (χ2v) is 9.22. The van der Waals surface area contributed by atoms with E-state index in [1.54, 1.807) is 6.20 Å². The first-order valence-corrected chi connectivity index (χ1v) is 11.8. The van der Waals surface area contributed by atoms with Gasteiger partial charge in [0.05, 0.1) is 18.3 Å². The molecule has 5 rings (SSSR count). The Morgan fingerprint density at radius 1 is 1.03 bits per heavy atom. The molecule has 2 N–H and O–H groups in total. The van der Waals surface area contributed by atoms with E-state index >= 15 is 0 Å². The number of Topliss-reactive ketones (excluding diaryl/α,β-unsaturated/α-hetero) is 1. The Labute approximate surface area is 199 Å². The van der Waals surface area contributed by atoms with Crippen LogP contribution in [-0.4, -0.2) is 50.6 Å². The van der Waals surface area contributed by atoms with Crippen LogP contribution in [0.15, 0.2) is 55.0 Å². The standard InChI is InChI=1S/C27H30N6O/c1-32-9-6-18(7-10-32)25-13-20(5-8-29-25)27(34)14-23-12-22-11-19(3-4-21(22)16-30-23)24-17-31-33(2)26(24)15-28/h3-5,8,11-13,16-18H,6-7,9-10,14-15,28H2,1-2H3. The third-order valence-corrected chi connectivity index (χ3v) is 6.93. The first-order chi connectivity index (χ1) is 16.5. The lowest BCUT2D eigenvalue weighted by atomic mass is 9.92. The molecule has 174 valence electrons. The number of likely N-dealkylation sites (tertiary alicyclic amines) is 1. The zero-order valence-corrected chi connectivity index (χ0v) is 19.7. The van der Waals surface area contributed by atoms with Gasteiger partial charge in [0.25, 0.3) is 0 Å². The van der Waals surface area contributed by atoms with Gasteiger partial charge in [-0.25, -0.2) is 0 Å². The monoisotopic (exact) mass is 454 g/mol. The van der Waals surface area contributed by atoms with Crippen molar-refractivity contribution >= 4 is 16.6 Å². The fraction of sp³-hybridized carbons (Fsp3) is 0.333. The van der Waals surface area contributed by atoms with Crippen molar-refractivity contribution in [3.63, 3.8) is 0 Å². The maximum absolute atomic E-state index is 13.1. The number of ketones is 1. The predicted molar refractivity (Wildman–Crippen MR) is 134 cm³/mol. The number of carbonyl (C=O) groups excluding carboxylic acids is 1. The van der Waals surface area contributed by atoms with E-state index in [0.717, 1.165) is 64.9 Å². The molecule has 1 aromatic carbocycles. The molecule has 0 radical (unpaired) electrons. The molecule has 34 heavy (non-hydrogen) atoms. The minimum absolute atomic E-state index is 0.0669. The number of hydrogen-bond donors (Lipinski definition) is 1. The topological polar surface area (TPSA) is 89.9 Å². The Bertz CT molecular complexity index is 1340. The summed E-state index contributed by atoms with van der Waals surface area (Å²) in [4.78, 5) is 24.6. The molecule has 0 bridgehead atoms. The normalized spacial score (nSPS) is 15.1. The van der Waals surface area contributed by atoms with Crippen LogP contribution in [0.5, 0.6) is 0 Å². The average molecular weight is 455 g/mol. The molecule has 7 nitrogen and oxygen atoms in total. The smallest absolute Gasteiger partial charge is 0.168 e. The van der Waals surface area contributed by atoms with Gasteiger partial charge in [-0.3, -0.25) is 19.4 Å². The van der Waals surface area contributed by atoms with Crippen LogP contribution in [0.3, 0.4) is 0 Å². The summed E-state index contributed by atoms with van der Waals surface area (Å²) < 4.78 is 1.81. The third-order valence-electron chi connectivity index (χ3n) is 6.93. The summed E-state index contributed by atoms with van der Waals surface area (Å²) in [5.41, 5.74) is 11.5. The van der Waals surface area contributed by atoms with E-state index in [2.05, 4.69) is 39.1 Å². The van der Waals surface area contributed by atoms with Gasteiger partial charge >= 0.3 is 0 Å². The van der Waals surface area contributed by atoms with Crippen LogP contribution < -0.4 is 5.73 Å². The van der Waals surface area contributed by atoms with Gasteiger partial charge in [0, 0.05) is 59.8 Å². The highest BCUT2D eigenvalue weighted by molar-refractivity contribution is 5.98. The van der Waals surface area contributed by atoms with Crippen molar-refractivity contribution in [2.75, 3.05) is 20.1 Å². The molecule has 1 fully saturated rings. The molecule has 0 atom stereocenters. The lowest BCUT2D eigenvalue weighted by Gasteiger charge is -2.28. The Morgan fingerprint density at radius 2 is 1.85 bits per heavy atom. The van der Waals surface area contributed by atoms with Crippen LogP contribution in [0.4, 0.5) is 0 Å². The Morgan fingerprint density at radius 3 is 2.65 bits per heavy atom. The maximum Gasteiger partial charge on any atom is 0.168 e. The number of fused-ring (bicyclic) bond motifs is 1. The third kappa shape index (κ3) is 4.49. The molecule has 0 unspecified atom stereocenters. The molecule has 4 aromatic rings. The quantitative estimate of drug-likeness (QED) is 0.447. The molecule has 1 aliphatic heterocycles. The largest absolute Gasteiger partial charge is 0.325 e. The minimum atomic E-state index is 0.0669. The van der Waals surface area contributed by atoms with Gasteiger partial charge in [-0.05, 0) is 68.2 Å². The predicted octanol–water partition coefficient (Wildman–Crippen LogP) is 3.72. The number of hydrogen-bond acceptors (Lipinski definition) is 6. The summed E-state index contributed by atoms with van der Waals surface area (Å²) >= 11 is 0. The molecule has 0 saturated carbocycles. The second-order valence-electron chi connectivity index (χ2n) is 9.22. The first kappa shape index (κ1) is 22.4. The zero-order valence-electron chi connectivity index (χ0n) is 19.7. The van der Waals surface area contributed by atoms with Gasteiger partial charge in [-0.15, -0.1) is 0 Å². The number of rotatable bonds is 6. The van der Waals surface area contributed by atoms with E-state index < -0.39 is 0 Å². The Balaban J connectivity index is 1.37. The fourth-order valence-electron chi connectivity index (χ4n) is 4.81. The fourth-order valence-corrected chi connectivity index (χ4v) is 4.81. The molecule has 7 heteroatoms. The van der Waals surface area contributed by atoms with Crippen molar-refractivity contribution in [3.05, 3.63) is 77.6 Å². The van der Waals surface area contributed by atoms with Crippen LogP contribution in [0.25, 0.3) is 21.9 Å². The summed E-state index contributed by atoms with van der Waals surface area (Å²) in [5, 5.41) is 6.43. The van der Waals surface area contributed by atoms with E-state index in [0.29, 0.717) is 18.0 Å². The van der Waals surface area contributed by atoms with Crippen molar-refractivity contribution in [1.29, 1.82) is 0 Å². The van der Waals surface area contributed by atoms with Crippen molar-refractivity contribution in [2.45, 2.75) is 31.7 Å². The van der Waals surface area contributed by atoms with Crippen molar-refractivity contribution in [3.8, 4) is 11.1 Å². The molecular formula is C27H30N6O. The minimum Gasteiger partial charge on any atom is -0.325 e. The van der Waals surface area contributed by atoms with Gasteiger partial charge in [-0.2, -0.15) is 5.10 Å². The van der Waals surface area contributed by atoms with Crippen LogP contribution in [0.2, 0.25) is 0 Å². The highest BCUT2D eigenvalue weighted by atomic mass is 16.1. The lowest BCUT2D eigenvalue weighted by Crippen LogP contribution is -2.29.